The van der Waals surface area contributed by atoms with Gasteiger partial charge in [0.25, 0.3) is 0 Å². The molecule has 0 unspecified atom stereocenters. The number of hydrogen-bond donors (Lipinski definition) is 0. The van der Waals surface area contributed by atoms with Crippen molar-refractivity contribution < 1.29 is 13.9 Å². The van der Waals surface area contributed by atoms with Crippen LogP contribution in [0.5, 0.6) is 5.88 Å². The lowest BCUT2D eigenvalue weighted by molar-refractivity contribution is 0.123. The summed E-state index contributed by atoms with van der Waals surface area (Å²) in [6, 6.07) is 0. The van der Waals surface area contributed by atoms with Gasteiger partial charge in [-0.1, -0.05) is 0 Å². The Hall–Kier alpha value is -1.23. The number of aromatic nitrogens is 2. The third-order valence-electron chi connectivity index (χ3n) is 1.97. The number of hydrogen-bond acceptors (Lipinski definition) is 4. The molecule has 4 nitrogen and oxygen atoms in total. The largest absolute Gasteiger partial charge is 0.468 e. The molecular weight excluding hydrogens is 187 g/mol. The average Bonchev–Trinajstić information content (AvgIpc) is 2.52. The fourth-order valence-corrected chi connectivity index (χ4v) is 1.27. The third-order valence-corrected chi connectivity index (χ3v) is 1.97. The van der Waals surface area contributed by atoms with Crippen molar-refractivity contribution in [2.75, 3.05) is 13.2 Å². The van der Waals surface area contributed by atoms with Gasteiger partial charge in [-0.3, -0.25) is 4.98 Å². The van der Waals surface area contributed by atoms with E-state index in [0.717, 1.165) is 5.69 Å². The van der Waals surface area contributed by atoms with Crippen LogP contribution in [0.25, 0.3) is 0 Å². The summed E-state index contributed by atoms with van der Waals surface area (Å²) in [5, 5.41) is 0. The summed E-state index contributed by atoms with van der Waals surface area (Å²) in [5.74, 6) is 0.350. The fourth-order valence-electron chi connectivity index (χ4n) is 1.27. The standard InChI is InChI=1S/C9H11FN2O2/c1-6-2-11-3-9(12-6)14-8-5-13-4-7(8)10/h2-3,7-8H,4-5H2,1H3/t7-,8-/m1/s1. The van der Waals surface area contributed by atoms with Crippen LogP contribution in [0.15, 0.2) is 12.4 Å². The van der Waals surface area contributed by atoms with E-state index in [1.165, 1.54) is 6.20 Å². The van der Waals surface area contributed by atoms with Crippen molar-refractivity contribution in [1.82, 2.24) is 9.97 Å². The number of ether oxygens (including phenoxy) is 2. The van der Waals surface area contributed by atoms with E-state index < -0.39 is 12.3 Å². The molecule has 0 radical (unpaired) electrons. The quantitative estimate of drug-likeness (QED) is 0.708. The molecule has 2 heterocycles. The van der Waals surface area contributed by atoms with E-state index >= 15 is 0 Å². The van der Waals surface area contributed by atoms with E-state index in [2.05, 4.69) is 9.97 Å². The Bertz CT molecular complexity index is 321. The third kappa shape index (κ3) is 1.98. The van der Waals surface area contributed by atoms with Gasteiger partial charge in [0, 0.05) is 6.20 Å². The molecule has 5 heteroatoms. The number of halogens is 1. The van der Waals surface area contributed by atoms with Crippen molar-refractivity contribution in [2.45, 2.75) is 19.2 Å². The minimum absolute atomic E-state index is 0.101. The molecule has 0 bridgehead atoms. The molecule has 0 saturated carbocycles. The molecule has 2 rings (SSSR count). The van der Waals surface area contributed by atoms with Crippen molar-refractivity contribution in [1.29, 1.82) is 0 Å². The summed E-state index contributed by atoms with van der Waals surface area (Å²) in [5.41, 5.74) is 0.747. The number of aryl methyl sites for hydroxylation is 1. The lowest BCUT2D eigenvalue weighted by Gasteiger charge is -2.12. The molecular formula is C9H11FN2O2. The van der Waals surface area contributed by atoms with Gasteiger partial charge in [-0.15, -0.1) is 0 Å². The zero-order chi connectivity index (χ0) is 9.97. The van der Waals surface area contributed by atoms with Gasteiger partial charge >= 0.3 is 0 Å². The molecule has 1 aromatic heterocycles. The number of rotatable bonds is 2. The summed E-state index contributed by atoms with van der Waals surface area (Å²) in [7, 11) is 0. The molecule has 14 heavy (non-hydrogen) atoms. The molecule has 0 amide bonds. The van der Waals surface area contributed by atoms with Crippen molar-refractivity contribution in [2.24, 2.45) is 0 Å². The van der Waals surface area contributed by atoms with Crippen LogP contribution in [0, 0.1) is 6.92 Å². The Morgan fingerprint density at radius 2 is 2.36 bits per heavy atom. The minimum atomic E-state index is -1.07. The van der Waals surface area contributed by atoms with Crippen molar-refractivity contribution in [3.8, 4) is 5.88 Å². The van der Waals surface area contributed by atoms with Crippen LogP contribution >= 0.6 is 0 Å². The summed E-state index contributed by atoms with van der Waals surface area (Å²) >= 11 is 0. The van der Waals surface area contributed by atoms with Crippen molar-refractivity contribution >= 4 is 0 Å². The van der Waals surface area contributed by atoms with Crippen LogP contribution in [0.1, 0.15) is 5.69 Å². The Morgan fingerprint density at radius 3 is 3.00 bits per heavy atom. The maximum absolute atomic E-state index is 13.1. The van der Waals surface area contributed by atoms with E-state index in [4.69, 9.17) is 9.47 Å². The van der Waals surface area contributed by atoms with Crippen LogP contribution in [0.4, 0.5) is 4.39 Å². The van der Waals surface area contributed by atoms with Gasteiger partial charge in [0.2, 0.25) is 5.88 Å². The predicted molar refractivity (Wildman–Crippen MR) is 46.9 cm³/mol. The summed E-state index contributed by atoms with van der Waals surface area (Å²) in [6.45, 7) is 2.18. The first-order valence-corrected chi connectivity index (χ1v) is 4.43. The van der Waals surface area contributed by atoms with Crippen LogP contribution in [0.2, 0.25) is 0 Å². The highest BCUT2D eigenvalue weighted by Crippen LogP contribution is 2.16. The monoisotopic (exact) mass is 198 g/mol. The molecule has 1 aliphatic heterocycles. The normalized spacial score (nSPS) is 26.4. The molecule has 0 aliphatic carbocycles. The predicted octanol–water partition coefficient (Wildman–Crippen LogP) is 0.901. The fraction of sp³-hybridized carbons (Fsp3) is 0.556. The van der Waals surface area contributed by atoms with Gasteiger partial charge in [0.15, 0.2) is 12.3 Å². The highest BCUT2D eigenvalue weighted by atomic mass is 19.1. The zero-order valence-electron chi connectivity index (χ0n) is 7.81. The first-order valence-electron chi connectivity index (χ1n) is 4.43. The Kier molecular flexibility index (Phi) is 2.58. The molecule has 0 N–H and O–H groups in total. The van der Waals surface area contributed by atoms with Gasteiger partial charge in [-0.05, 0) is 6.92 Å². The number of nitrogens with zero attached hydrogens (tertiary/aromatic N) is 2. The summed E-state index contributed by atoms with van der Waals surface area (Å²) < 4.78 is 23.3. The maximum atomic E-state index is 13.1. The lowest BCUT2D eigenvalue weighted by atomic mass is 10.3. The van der Waals surface area contributed by atoms with E-state index in [0.29, 0.717) is 5.88 Å². The highest BCUT2D eigenvalue weighted by molar-refractivity contribution is 5.08. The van der Waals surface area contributed by atoms with Crippen LogP contribution in [-0.4, -0.2) is 35.5 Å². The molecule has 0 aromatic carbocycles. The SMILES string of the molecule is Cc1cncc(O[C@@H]2COC[C@H]2F)n1. The Labute approximate surface area is 81.1 Å². The minimum Gasteiger partial charge on any atom is -0.468 e. The van der Waals surface area contributed by atoms with Crippen molar-refractivity contribution in [3.63, 3.8) is 0 Å². The summed E-state index contributed by atoms with van der Waals surface area (Å²) in [4.78, 5) is 7.96. The van der Waals surface area contributed by atoms with Gasteiger partial charge in [-0.2, -0.15) is 0 Å². The van der Waals surface area contributed by atoms with Gasteiger partial charge in [-0.25, -0.2) is 9.37 Å². The van der Waals surface area contributed by atoms with E-state index in [1.807, 2.05) is 0 Å². The topological polar surface area (TPSA) is 44.2 Å². The van der Waals surface area contributed by atoms with E-state index in [-0.39, 0.29) is 13.2 Å². The molecule has 0 spiro atoms. The highest BCUT2D eigenvalue weighted by Gasteiger charge is 2.30. The molecule has 1 saturated heterocycles. The molecule has 2 atom stereocenters. The average molecular weight is 198 g/mol. The molecule has 76 valence electrons. The molecule has 1 fully saturated rings. The van der Waals surface area contributed by atoms with E-state index in [9.17, 15) is 4.39 Å². The van der Waals surface area contributed by atoms with Gasteiger partial charge in [0.1, 0.15) is 0 Å². The Balaban J connectivity index is 2.03. The second-order valence-electron chi connectivity index (χ2n) is 3.21. The second-order valence-corrected chi connectivity index (χ2v) is 3.21. The maximum Gasteiger partial charge on any atom is 0.232 e. The van der Waals surface area contributed by atoms with E-state index in [1.54, 1.807) is 13.1 Å². The smallest absolute Gasteiger partial charge is 0.232 e. The molecule has 1 aromatic rings. The van der Waals surface area contributed by atoms with Crippen LogP contribution in [-0.2, 0) is 4.74 Å². The van der Waals surface area contributed by atoms with Gasteiger partial charge < -0.3 is 9.47 Å². The van der Waals surface area contributed by atoms with Crippen LogP contribution in [0.3, 0.4) is 0 Å². The summed E-state index contributed by atoms with van der Waals surface area (Å²) in [6.07, 6.45) is 1.46. The first-order chi connectivity index (χ1) is 6.75. The second kappa shape index (κ2) is 3.88. The molecule has 1 aliphatic rings. The first kappa shape index (κ1) is 9.33. The van der Waals surface area contributed by atoms with Crippen LogP contribution < -0.4 is 4.74 Å². The zero-order valence-corrected chi connectivity index (χ0v) is 7.81. The lowest BCUT2D eigenvalue weighted by Crippen LogP contribution is -2.27. The number of alkyl halides is 1. The Morgan fingerprint density at radius 1 is 1.50 bits per heavy atom. The van der Waals surface area contributed by atoms with Gasteiger partial charge in [0.05, 0.1) is 25.1 Å². The van der Waals surface area contributed by atoms with Crippen molar-refractivity contribution in [3.05, 3.63) is 18.1 Å².